The van der Waals surface area contributed by atoms with Gasteiger partial charge >= 0.3 is 5.97 Å². The van der Waals surface area contributed by atoms with Crippen molar-refractivity contribution in [2.45, 2.75) is 38.8 Å². The van der Waals surface area contributed by atoms with Gasteiger partial charge < -0.3 is 9.47 Å². The Balaban J connectivity index is 1.87. The average Bonchev–Trinajstić information content (AvgIpc) is 3.20. The molecule has 0 heterocycles. The van der Waals surface area contributed by atoms with E-state index in [0.29, 0.717) is 19.3 Å². The first kappa shape index (κ1) is 13.9. The number of ether oxygens (including phenoxy) is 2. The van der Waals surface area contributed by atoms with Crippen molar-refractivity contribution < 1.29 is 14.3 Å². The number of carbonyl (C=O) groups excluding carboxylic acids is 1. The van der Waals surface area contributed by atoms with Crippen molar-refractivity contribution in [3.05, 3.63) is 29.8 Å². The van der Waals surface area contributed by atoms with Crippen molar-refractivity contribution in [2.24, 2.45) is 0 Å². The highest BCUT2D eigenvalue weighted by Crippen LogP contribution is 2.20. The van der Waals surface area contributed by atoms with Gasteiger partial charge in [0.1, 0.15) is 18.4 Å². The molecule has 1 aliphatic carbocycles. The van der Waals surface area contributed by atoms with E-state index >= 15 is 0 Å². The largest absolute Gasteiger partial charge is 0.491 e. The van der Waals surface area contributed by atoms with Gasteiger partial charge in [0.25, 0.3) is 0 Å². The number of carbonyl (C=O) groups is 1. The summed E-state index contributed by atoms with van der Waals surface area (Å²) in [7, 11) is 0. The highest BCUT2D eigenvalue weighted by Gasteiger charge is 2.29. The summed E-state index contributed by atoms with van der Waals surface area (Å²) in [5.74, 6) is 0.541. The lowest BCUT2D eigenvalue weighted by Gasteiger charge is -2.17. The minimum atomic E-state index is -0.381. The van der Waals surface area contributed by atoms with Crippen molar-refractivity contribution >= 4 is 5.97 Å². The minimum Gasteiger partial charge on any atom is -0.491 e. The van der Waals surface area contributed by atoms with Crippen LogP contribution >= 0.6 is 0 Å². The maximum absolute atomic E-state index is 11.8. The smallest absolute Gasteiger partial charge is 0.326 e. The van der Waals surface area contributed by atoms with Gasteiger partial charge in [-0.15, -0.1) is 0 Å². The first-order valence-corrected chi connectivity index (χ1v) is 6.81. The van der Waals surface area contributed by atoms with Crippen LogP contribution in [0.1, 0.15) is 25.3 Å². The van der Waals surface area contributed by atoms with Crippen LogP contribution in [0.15, 0.2) is 24.3 Å². The normalized spacial score (nSPS) is 15.9. The second-order valence-electron chi connectivity index (χ2n) is 4.87. The maximum atomic E-state index is 11.8. The topological polar surface area (TPSA) is 47.6 Å². The Morgan fingerprint density at radius 3 is 2.63 bits per heavy atom. The summed E-state index contributed by atoms with van der Waals surface area (Å²) in [4.78, 5) is 11.8. The van der Waals surface area contributed by atoms with Crippen LogP contribution in [0.3, 0.4) is 0 Å². The van der Waals surface area contributed by atoms with E-state index in [4.69, 9.17) is 9.47 Å². The molecule has 0 amide bonds. The molecule has 0 radical (unpaired) electrons. The zero-order valence-electron chi connectivity index (χ0n) is 11.5. The first-order chi connectivity index (χ1) is 9.19. The zero-order chi connectivity index (χ0) is 13.7. The molecule has 2 rings (SSSR count). The fourth-order valence-electron chi connectivity index (χ4n) is 1.78. The second kappa shape index (κ2) is 6.57. The van der Waals surface area contributed by atoms with Gasteiger partial charge in [0.05, 0.1) is 6.61 Å². The monoisotopic (exact) mass is 263 g/mol. The summed E-state index contributed by atoms with van der Waals surface area (Å²) >= 11 is 0. The van der Waals surface area contributed by atoms with Crippen LogP contribution < -0.4 is 10.1 Å². The average molecular weight is 263 g/mol. The van der Waals surface area contributed by atoms with E-state index in [1.54, 1.807) is 0 Å². The predicted octanol–water partition coefficient (Wildman–Crippen LogP) is 2.06. The predicted molar refractivity (Wildman–Crippen MR) is 73.3 cm³/mol. The summed E-state index contributed by atoms with van der Waals surface area (Å²) in [5, 5.41) is 3.26. The molecule has 1 aromatic rings. The van der Waals surface area contributed by atoms with Crippen molar-refractivity contribution in [3.8, 4) is 5.75 Å². The molecule has 104 valence electrons. The summed E-state index contributed by atoms with van der Waals surface area (Å²) in [6, 6.07) is 7.86. The van der Waals surface area contributed by atoms with E-state index in [2.05, 4.69) is 5.32 Å². The number of esters is 1. The van der Waals surface area contributed by atoms with Gasteiger partial charge in [0.15, 0.2) is 0 Å². The molecule has 1 N–H and O–H groups in total. The second-order valence-corrected chi connectivity index (χ2v) is 4.87. The standard InChI is InChI=1S/C15H21NO3/c1-3-18-15(17)14(16-12-6-7-12)10-19-13-8-4-11(2)5-9-13/h4-5,8-9,12,14,16H,3,6-7,10H2,1-2H3. The minimum absolute atomic E-state index is 0.235. The third-order valence-electron chi connectivity index (χ3n) is 3.02. The molecule has 1 saturated carbocycles. The molecular weight excluding hydrogens is 242 g/mol. The molecule has 1 fully saturated rings. The molecule has 19 heavy (non-hydrogen) atoms. The van der Waals surface area contributed by atoms with Gasteiger partial charge in [0, 0.05) is 6.04 Å². The molecule has 1 aromatic carbocycles. The van der Waals surface area contributed by atoms with Crippen molar-refractivity contribution in [1.82, 2.24) is 5.32 Å². The molecule has 1 atom stereocenters. The van der Waals surface area contributed by atoms with Crippen LogP contribution in [0.5, 0.6) is 5.75 Å². The van der Waals surface area contributed by atoms with Crippen LogP contribution in [0, 0.1) is 6.92 Å². The SMILES string of the molecule is CCOC(=O)C(COc1ccc(C)cc1)NC1CC1. The molecule has 4 nitrogen and oxygen atoms in total. The number of hydrogen-bond donors (Lipinski definition) is 1. The molecule has 4 heteroatoms. The van der Waals surface area contributed by atoms with Crippen molar-refractivity contribution in [1.29, 1.82) is 0 Å². The van der Waals surface area contributed by atoms with Gasteiger partial charge in [-0.3, -0.25) is 10.1 Å². The van der Waals surface area contributed by atoms with Gasteiger partial charge in [0.2, 0.25) is 0 Å². The molecule has 0 spiro atoms. The Hall–Kier alpha value is -1.55. The molecule has 1 unspecified atom stereocenters. The first-order valence-electron chi connectivity index (χ1n) is 6.81. The van der Waals surface area contributed by atoms with Crippen LogP contribution in [0.25, 0.3) is 0 Å². The Kier molecular flexibility index (Phi) is 4.80. The third kappa shape index (κ3) is 4.56. The lowest BCUT2D eigenvalue weighted by molar-refractivity contribution is -0.146. The lowest BCUT2D eigenvalue weighted by Crippen LogP contribution is -2.43. The quantitative estimate of drug-likeness (QED) is 0.765. The molecule has 1 aliphatic rings. The lowest BCUT2D eigenvalue weighted by atomic mass is 10.2. The van der Waals surface area contributed by atoms with E-state index < -0.39 is 0 Å². The van der Waals surface area contributed by atoms with Crippen LogP contribution in [-0.2, 0) is 9.53 Å². The number of hydrogen-bond acceptors (Lipinski definition) is 4. The Labute approximate surface area is 114 Å². The van der Waals surface area contributed by atoms with Gasteiger partial charge in [-0.2, -0.15) is 0 Å². The molecule has 0 aliphatic heterocycles. The summed E-state index contributed by atoms with van der Waals surface area (Å²) in [6.45, 7) is 4.54. The Morgan fingerprint density at radius 1 is 1.37 bits per heavy atom. The fraction of sp³-hybridized carbons (Fsp3) is 0.533. The van der Waals surface area contributed by atoms with E-state index in [1.165, 1.54) is 5.56 Å². The Morgan fingerprint density at radius 2 is 2.05 bits per heavy atom. The number of benzene rings is 1. The summed E-state index contributed by atoms with van der Waals surface area (Å²) < 4.78 is 10.7. The summed E-state index contributed by atoms with van der Waals surface area (Å²) in [5.41, 5.74) is 1.19. The highest BCUT2D eigenvalue weighted by molar-refractivity contribution is 5.76. The Bertz CT molecular complexity index is 412. The van der Waals surface area contributed by atoms with Crippen LogP contribution in [-0.4, -0.2) is 31.3 Å². The van der Waals surface area contributed by atoms with E-state index in [-0.39, 0.29) is 12.0 Å². The van der Waals surface area contributed by atoms with Crippen LogP contribution in [0.2, 0.25) is 0 Å². The zero-order valence-corrected chi connectivity index (χ0v) is 11.5. The molecule has 0 saturated heterocycles. The van der Waals surface area contributed by atoms with E-state index in [9.17, 15) is 4.79 Å². The molecule has 0 aromatic heterocycles. The van der Waals surface area contributed by atoms with Crippen LogP contribution in [0.4, 0.5) is 0 Å². The number of aryl methyl sites for hydroxylation is 1. The van der Waals surface area contributed by atoms with Crippen molar-refractivity contribution in [3.63, 3.8) is 0 Å². The molecular formula is C15H21NO3. The van der Waals surface area contributed by atoms with Gasteiger partial charge in [-0.05, 0) is 38.8 Å². The highest BCUT2D eigenvalue weighted by atomic mass is 16.5. The molecule has 0 bridgehead atoms. The van der Waals surface area contributed by atoms with Gasteiger partial charge in [-0.1, -0.05) is 17.7 Å². The maximum Gasteiger partial charge on any atom is 0.326 e. The van der Waals surface area contributed by atoms with E-state index in [1.807, 2.05) is 38.1 Å². The summed E-state index contributed by atoms with van der Waals surface area (Å²) in [6.07, 6.45) is 2.25. The number of rotatable bonds is 7. The van der Waals surface area contributed by atoms with Crippen molar-refractivity contribution in [2.75, 3.05) is 13.2 Å². The third-order valence-corrected chi connectivity index (χ3v) is 3.02. The number of nitrogens with one attached hydrogen (secondary N) is 1. The fourth-order valence-corrected chi connectivity index (χ4v) is 1.78. The van der Waals surface area contributed by atoms with Gasteiger partial charge in [-0.25, -0.2) is 0 Å². The van der Waals surface area contributed by atoms with E-state index in [0.717, 1.165) is 18.6 Å².